The van der Waals surface area contributed by atoms with Crippen LogP contribution in [0.2, 0.25) is 0 Å². The molecule has 2 aromatic carbocycles. The maximum atomic E-state index is 12.9. The van der Waals surface area contributed by atoms with Crippen LogP contribution in [0.3, 0.4) is 0 Å². The molecular formula is C21H20N2O6. The molecule has 2 amide bonds. The Bertz CT molecular complexity index is 973. The maximum absolute atomic E-state index is 12.9. The van der Waals surface area contributed by atoms with Crippen molar-refractivity contribution in [3.8, 4) is 17.2 Å². The van der Waals surface area contributed by atoms with E-state index in [1.165, 1.54) is 0 Å². The van der Waals surface area contributed by atoms with Crippen LogP contribution in [0.4, 0.5) is 4.79 Å². The molecule has 0 radical (unpaired) electrons. The van der Waals surface area contributed by atoms with Crippen molar-refractivity contribution in [2.24, 2.45) is 5.92 Å². The standard InChI is InChI=1S/C21H20N2O6/c1-12-18(19(23-21(25)22-12)14-4-3-5-15(9-14)26-2)20(24)27-10-13-6-7-16-17(8-13)29-11-28-16/h3-9,18-19H,1,10-11H2,2H3,(H2,22,23,25). The molecule has 2 aromatic rings. The van der Waals surface area contributed by atoms with Crippen LogP contribution in [0, 0.1) is 5.92 Å². The number of benzene rings is 2. The first-order valence-corrected chi connectivity index (χ1v) is 9.00. The van der Waals surface area contributed by atoms with Gasteiger partial charge in [0.25, 0.3) is 0 Å². The fourth-order valence-electron chi connectivity index (χ4n) is 3.35. The van der Waals surface area contributed by atoms with Crippen molar-refractivity contribution in [2.45, 2.75) is 12.6 Å². The first kappa shape index (κ1) is 18.7. The lowest BCUT2D eigenvalue weighted by Gasteiger charge is -2.33. The number of ether oxygens (including phenoxy) is 4. The Morgan fingerprint density at radius 2 is 2.03 bits per heavy atom. The largest absolute Gasteiger partial charge is 0.497 e. The molecule has 2 heterocycles. The van der Waals surface area contributed by atoms with E-state index in [2.05, 4.69) is 17.2 Å². The first-order valence-electron chi connectivity index (χ1n) is 9.00. The lowest BCUT2D eigenvalue weighted by Crippen LogP contribution is -2.51. The highest BCUT2D eigenvalue weighted by Gasteiger charge is 2.39. The molecule has 0 aliphatic carbocycles. The number of urea groups is 1. The number of carbonyl (C=O) groups excluding carboxylic acids is 2. The number of esters is 1. The van der Waals surface area contributed by atoms with Crippen LogP contribution in [-0.2, 0) is 16.1 Å². The quantitative estimate of drug-likeness (QED) is 0.755. The summed E-state index contributed by atoms with van der Waals surface area (Å²) < 4.78 is 21.4. The normalized spacial score (nSPS) is 19.9. The molecule has 2 N–H and O–H groups in total. The SMILES string of the molecule is C=C1NC(=O)NC(c2cccc(OC)c2)C1C(=O)OCc1ccc2c(c1)OCO2. The van der Waals surface area contributed by atoms with E-state index in [0.717, 1.165) is 5.56 Å². The number of amides is 2. The van der Waals surface area contributed by atoms with Gasteiger partial charge in [-0.05, 0) is 35.4 Å². The van der Waals surface area contributed by atoms with Crippen molar-refractivity contribution in [2.75, 3.05) is 13.9 Å². The first-order chi connectivity index (χ1) is 14.0. The summed E-state index contributed by atoms with van der Waals surface area (Å²) in [7, 11) is 1.55. The van der Waals surface area contributed by atoms with E-state index in [0.29, 0.717) is 22.8 Å². The number of methoxy groups -OCH3 is 1. The van der Waals surface area contributed by atoms with E-state index in [1.54, 1.807) is 43.5 Å². The van der Waals surface area contributed by atoms with Crippen LogP contribution < -0.4 is 24.8 Å². The van der Waals surface area contributed by atoms with Crippen LogP contribution in [-0.4, -0.2) is 25.9 Å². The number of nitrogens with one attached hydrogen (secondary N) is 2. The highest BCUT2D eigenvalue weighted by atomic mass is 16.7. The van der Waals surface area contributed by atoms with Crippen LogP contribution >= 0.6 is 0 Å². The third kappa shape index (κ3) is 3.82. The average molecular weight is 396 g/mol. The summed E-state index contributed by atoms with van der Waals surface area (Å²) in [4.78, 5) is 24.9. The van der Waals surface area contributed by atoms with E-state index < -0.39 is 24.0 Å². The minimum Gasteiger partial charge on any atom is -0.497 e. The van der Waals surface area contributed by atoms with Crippen molar-refractivity contribution in [3.05, 3.63) is 65.9 Å². The van der Waals surface area contributed by atoms with E-state index in [9.17, 15) is 9.59 Å². The zero-order valence-corrected chi connectivity index (χ0v) is 15.8. The highest BCUT2D eigenvalue weighted by Crippen LogP contribution is 2.34. The monoisotopic (exact) mass is 396 g/mol. The van der Waals surface area contributed by atoms with Gasteiger partial charge in [-0.25, -0.2) is 4.79 Å². The van der Waals surface area contributed by atoms with E-state index >= 15 is 0 Å². The molecule has 2 aliphatic rings. The summed E-state index contributed by atoms with van der Waals surface area (Å²) in [6.07, 6.45) is 0. The summed E-state index contributed by atoms with van der Waals surface area (Å²) >= 11 is 0. The van der Waals surface area contributed by atoms with Crippen molar-refractivity contribution < 1.29 is 28.5 Å². The molecule has 1 saturated heterocycles. The number of rotatable bonds is 5. The molecule has 4 rings (SSSR count). The molecule has 2 unspecified atom stereocenters. The van der Waals surface area contributed by atoms with E-state index in [4.69, 9.17) is 18.9 Å². The van der Waals surface area contributed by atoms with Gasteiger partial charge in [-0.2, -0.15) is 0 Å². The minimum atomic E-state index is -0.797. The second-order valence-corrected chi connectivity index (χ2v) is 6.65. The molecule has 2 atom stereocenters. The van der Waals surface area contributed by atoms with Gasteiger partial charge in [0.1, 0.15) is 18.3 Å². The maximum Gasteiger partial charge on any atom is 0.319 e. The number of carbonyl (C=O) groups is 2. The summed E-state index contributed by atoms with van der Waals surface area (Å²) in [6, 6.07) is 11.4. The molecule has 0 bridgehead atoms. The summed E-state index contributed by atoms with van der Waals surface area (Å²) in [5, 5.41) is 5.33. The Morgan fingerprint density at radius 3 is 2.86 bits per heavy atom. The topological polar surface area (TPSA) is 95.1 Å². The molecule has 29 heavy (non-hydrogen) atoms. The summed E-state index contributed by atoms with van der Waals surface area (Å²) in [5.74, 6) is 0.588. The lowest BCUT2D eigenvalue weighted by molar-refractivity contribution is -0.149. The summed E-state index contributed by atoms with van der Waals surface area (Å²) in [5.41, 5.74) is 1.75. The van der Waals surface area contributed by atoms with Gasteiger partial charge >= 0.3 is 12.0 Å². The number of hydrogen-bond donors (Lipinski definition) is 2. The molecule has 8 heteroatoms. The second kappa shape index (κ2) is 7.75. The van der Waals surface area contributed by atoms with Gasteiger partial charge < -0.3 is 29.6 Å². The van der Waals surface area contributed by atoms with Gasteiger partial charge in [0.05, 0.1) is 13.2 Å². The van der Waals surface area contributed by atoms with Crippen LogP contribution in [0.15, 0.2) is 54.7 Å². The lowest BCUT2D eigenvalue weighted by atomic mass is 9.89. The van der Waals surface area contributed by atoms with Crippen LogP contribution in [0.25, 0.3) is 0 Å². The van der Waals surface area contributed by atoms with Gasteiger partial charge in [-0.1, -0.05) is 24.8 Å². The number of hydrogen-bond acceptors (Lipinski definition) is 6. The Labute approximate surface area is 167 Å². The highest BCUT2D eigenvalue weighted by molar-refractivity contribution is 5.85. The molecule has 1 fully saturated rings. The Balaban J connectivity index is 1.52. The van der Waals surface area contributed by atoms with Crippen molar-refractivity contribution in [1.29, 1.82) is 0 Å². The van der Waals surface area contributed by atoms with Gasteiger partial charge in [-0.3, -0.25) is 4.79 Å². The second-order valence-electron chi connectivity index (χ2n) is 6.65. The van der Waals surface area contributed by atoms with Crippen molar-refractivity contribution in [1.82, 2.24) is 10.6 Å². The zero-order chi connectivity index (χ0) is 20.4. The zero-order valence-electron chi connectivity index (χ0n) is 15.8. The molecule has 8 nitrogen and oxygen atoms in total. The fourth-order valence-corrected chi connectivity index (χ4v) is 3.35. The molecule has 0 saturated carbocycles. The fraction of sp³-hybridized carbons (Fsp3) is 0.238. The van der Waals surface area contributed by atoms with Crippen molar-refractivity contribution in [3.63, 3.8) is 0 Å². The third-order valence-corrected chi connectivity index (χ3v) is 4.79. The molecule has 0 aromatic heterocycles. The van der Waals surface area contributed by atoms with Crippen LogP contribution in [0.1, 0.15) is 17.2 Å². The molecule has 2 aliphatic heterocycles. The van der Waals surface area contributed by atoms with E-state index in [1.807, 2.05) is 6.07 Å². The molecule has 150 valence electrons. The molecular weight excluding hydrogens is 376 g/mol. The van der Waals surface area contributed by atoms with Gasteiger partial charge in [0.2, 0.25) is 6.79 Å². The van der Waals surface area contributed by atoms with E-state index in [-0.39, 0.29) is 19.1 Å². The Kier molecular flexibility index (Phi) is 4.99. The predicted molar refractivity (Wildman–Crippen MR) is 102 cm³/mol. The Morgan fingerprint density at radius 1 is 1.21 bits per heavy atom. The predicted octanol–water partition coefficient (Wildman–Crippen LogP) is 2.65. The number of fused-ring (bicyclic) bond motifs is 1. The third-order valence-electron chi connectivity index (χ3n) is 4.79. The minimum absolute atomic E-state index is 0.0536. The van der Waals surface area contributed by atoms with Crippen molar-refractivity contribution >= 4 is 12.0 Å². The molecule has 0 spiro atoms. The average Bonchev–Trinajstić information content (AvgIpc) is 3.19. The summed E-state index contributed by atoms with van der Waals surface area (Å²) in [6.45, 7) is 4.08. The van der Waals surface area contributed by atoms with Crippen LogP contribution in [0.5, 0.6) is 17.2 Å². The van der Waals surface area contributed by atoms with Gasteiger partial charge in [0.15, 0.2) is 11.5 Å². The Hall–Kier alpha value is -3.68. The van der Waals surface area contributed by atoms with Gasteiger partial charge in [-0.15, -0.1) is 0 Å². The van der Waals surface area contributed by atoms with Gasteiger partial charge in [0, 0.05) is 5.70 Å². The smallest absolute Gasteiger partial charge is 0.319 e.